The molecular weight excluding hydrogens is 330 g/mol. The van der Waals surface area contributed by atoms with Gasteiger partial charge in [0.05, 0.1) is 0 Å². The Morgan fingerprint density at radius 2 is 1.77 bits per heavy atom. The zero-order chi connectivity index (χ0) is 18.9. The number of fused-ring (bicyclic) bond motifs is 1. The van der Waals surface area contributed by atoms with Gasteiger partial charge in [-0.15, -0.1) is 0 Å². The first-order valence-electron chi connectivity index (χ1n) is 8.35. The first kappa shape index (κ1) is 17.7. The fraction of sp³-hybridized carbons (Fsp3) is 0.238. The molecule has 5 nitrogen and oxygen atoms in total. The number of anilines is 1. The number of allylic oxidation sites excluding steroid dienone is 1. The molecule has 1 aliphatic rings. The number of benzene rings is 2. The molecule has 134 valence electrons. The Bertz CT molecular complexity index is 898. The second-order valence-corrected chi connectivity index (χ2v) is 6.79. The van der Waals surface area contributed by atoms with Gasteiger partial charge in [-0.05, 0) is 23.8 Å². The summed E-state index contributed by atoms with van der Waals surface area (Å²) in [7, 11) is 1.94. The van der Waals surface area contributed by atoms with Crippen molar-refractivity contribution >= 4 is 17.4 Å². The first-order valence-corrected chi connectivity index (χ1v) is 8.35. The van der Waals surface area contributed by atoms with Crippen LogP contribution in [0.3, 0.4) is 0 Å². The maximum atomic E-state index is 12.5. The van der Waals surface area contributed by atoms with Gasteiger partial charge in [0.15, 0.2) is 12.4 Å². The Morgan fingerprint density at radius 3 is 2.46 bits per heavy atom. The summed E-state index contributed by atoms with van der Waals surface area (Å²) in [5, 5.41) is 9.18. The van der Waals surface area contributed by atoms with Gasteiger partial charge in [0.25, 0.3) is 0 Å². The Morgan fingerprint density at radius 1 is 1.12 bits per heavy atom. The van der Waals surface area contributed by atoms with E-state index in [2.05, 4.69) is 19.9 Å². The highest BCUT2D eigenvalue weighted by atomic mass is 16.5. The number of aromatic carboxylic acids is 1. The van der Waals surface area contributed by atoms with E-state index in [4.69, 9.17) is 4.74 Å². The minimum Gasteiger partial charge on any atom is -0.485 e. The Hall–Kier alpha value is -3.08. The van der Waals surface area contributed by atoms with Crippen molar-refractivity contribution in [1.82, 2.24) is 0 Å². The molecule has 0 fully saturated rings. The predicted octanol–water partition coefficient (Wildman–Crippen LogP) is 3.64. The molecule has 3 rings (SSSR count). The van der Waals surface area contributed by atoms with Gasteiger partial charge in [-0.25, -0.2) is 4.79 Å². The van der Waals surface area contributed by atoms with Crippen molar-refractivity contribution in [2.75, 3.05) is 18.6 Å². The van der Waals surface area contributed by atoms with Crippen molar-refractivity contribution in [3.8, 4) is 5.75 Å². The highest BCUT2D eigenvalue weighted by molar-refractivity contribution is 5.94. The Labute approximate surface area is 152 Å². The number of carbonyl (C=O) groups is 2. The number of carboxylic acids is 1. The molecule has 0 spiro atoms. The van der Waals surface area contributed by atoms with E-state index in [0.717, 1.165) is 11.4 Å². The van der Waals surface area contributed by atoms with Gasteiger partial charge < -0.3 is 14.7 Å². The average Bonchev–Trinajstić information content (AvgIpc) is 2.81. The maximum absolute atomic E-state index is 12.5. The van der Waals surface area contributed by atoms with E-state index in [0.29, 0.717) is 0 Å². The quantitative estimate of drug-likeness (QED) is 0.833. The summed E-state index contributed by atoms with van der Waals surface area (Å²) < 4.78 is 5.46. The number of nitrogens with zero attached hydrogens (tertiary/aromatic N) is 1. The molecule has 0 unspecified atom stereocenters. The number of hydrogen-bond acceptors (Lipinski definition) is 4. The van der Waals surface area contributed by atoms with Gasteiger partial charge in [-0.3, -0.25) is 4.79 Å². The summed E-state index contributed by atoms with van der Waals surface area (Å²) in [6.07, 6.45) is 1.59. The van der Waals surface area contributed by atoms with Gasteiger partial charge in [0, 0.05) is 29.9 Å². The summed E-state index contributed by atoms with van der Waals surface area (Å²) in [5.41, 5.74) is 2.88. The first-order chi connectivity index (χ1) is 12.3. The van der Waals surface area contributed by atoms with E-state index in [9.17, 15) is 14.7 Å². The summed E-state index contributed by atoms with van der Waals surface area (Å²) >= 11 is 0. The monoisotopic (exact) mass is 351 g/mol. The smallest absolute Gasteiger partial charge is 0.339 e. The Balaban J connectivity index is 1.79. The lowest BCUT2D eigenvalue weighted by atomic mass is 9.83. The lowest BCUT2D eigenvalue weighted by Gasteiger charge is -2.24. The molecular formula is C21H21NO4. The molecule has 1 N–H and O–H groups in total. The van der Waals surface area contributed by atoms with Crippen LogP contribution in [0.4, 0.5) is 5.69 Å². The normalized spacial score (nSPS) is 16.4. The van der Waals surface area contributed by atoms with Crippen LogP contribution in [0.15, 0.2) is 60.3 Å². The van der Waals surface area contributed by atoms with E-state index in [1.807, 2.05) is 30.1 Å². The third-order valence-corrected chi connectivity index (χ3v) is 4.73. The molecule has 0 saturated carbocycles. The van der Waals surface area contributed by atoms with Crippen LogP contribution in [-0.2, 0) is 10.2 Å². The van der Waals surface area contributed by atoms with Gasteiger partial charge in [0.2, 0.25) is 0 Å². The molecule has 0 atom stereocenters. The summed E-state index contributed by atoms with van der Waals surface area (Å²) in [5.74, 6) is -1.11. The third kappa shape index (κ3) is 3.08. The molecule has 26 heavy (non-hydrogen) atoms. The summed E-state index contributed by atoms with van der Waals surface area (Å²) in [6.45, 7) is 3.94. The van der Waals surface area contributed by atoms with Crippen molar-refractivity contribution in [2.45, 2.75) is 19.3 Å². The van der Waals surface area contributed by atoms with E-state index >= 15 is 0 Å². The largest absolute Gasteiger partial charge is 0.485 e. The molecule has 1 aliphatic heterocycles. The van der Waals surface area contributed by atoms with Crippen molar-refractivity contribution in [3.63, 3.8) is 0 Å². The topological polar surface area (TPSA) is 66.8 Å². The highest BCUT2D eigenvalue weighted by Gasteiger charge is 2.38. The van der Waals surface area contributed by atoms with Gasteiger partial charge in [0.1, 0.15) is 11.3 Å². The zero-order valence-electron chi connectivity index (χ0n) is 15.0. The van der Waals surface area contributed by atoms with Crippen LogP contribution in [0.25, 0.3) is 0 Å². The molecule has 1 heterocycles. The summed E-state index contributed by atoms with van der Waals surface area (Å²) in [4.78, 5) is 25.7. The SMILES string of the molecule is CN1C(=CC(=O)COc2ccccc2C(=O)O)C(C)(C)c2ccccc21. The minimum atomic E-state index is -1.08. The number of likely N-dealkylation sites (N-methyl/N-ethyl adjacent to an activating group) is 1. The van der Waals surface area contributed by atoms with Crippen LogP contribution < -0.4 is 9.64 Å². The highest BCUT2D eigenvalue weighted by Crippen LogP contribution is 2.46. The number of ketones is 1. The van der Waals surface area contributed by atoms with Gasteiger partial charge >= 0.3 is 5.97 Å². The van der Waals surface area contributed by atoms with Gasteiger partial charge in [-0.2, -0.15) is 0 Å². The van der Waals surface area contributed by atoms with Gasteiger partial charge in [-0.1, -0.05) is 44.2 Å². The van der Waals surface area contributed by atoms with E-state index in [1.54, 1.807) is 24.3 Å². The average molecular weight is 351 g/mol. The zero-order valence-corrected chi connectivity index (χ0v) is 15.0. The van der Waals surface area contributed by atoms with Crippen molar-refractivity contribution in [3.05, 3.63) is 71.4 Å². The number of para-hydroxylation sites is 2. The molecule has 0 amide bonds. The summed E-state index contributed by atoms with van der Waals surface area (Å²) in [6, 6.07) is 14.4. The second kappa shape index (κ2) is 6.67. The van der Waals surface area contributed by atoms with E-state index in [1.165, 1.54) is 11.6 Å². The molecule has 5 heteroatoms. The van der Waals surface area contributed by atoms with Crippen LogP contribution in [0.5, 0.6) is 5.75 Å². The molecule has 0 aliphatic carbocycles. The number of hydrogen-bond donors (Lipinski definition) is 1. The minimum absolute atomic E-state index is 0.0404. The molecule has 0 aromatic heterocycles. The van der Waals surface area contributed by atoms with Crippen LogP contribution >= 0.6 is 0 Å². The molecule has 0 bridgehead atoms. The lowest BCUT2D eigenvalue weighted by Crippen LogP contribution is -2.25. The van der Waals surface area contributed by atoms with Crippen molar-refractivity contribution < 1.29 is 19.4 Å². The number of rotatable bonds is 5. The molecule has 0 radical (unpaired) electrons. The van der Waals surface area contributed by atoms with Crippen LogP contribution in [0.1, 0.15) is 29.8 Å². The number of carbonyl (C=O) groups excluding carboxylic acids is 1. The van der Waals surface area contributed by atoms with E-state index < -0.39 is 5.97 Å². The standard InChI is InChI=1S/C21H21NO4/c1-21(2)16-9-5-6-10-17(16)22(3)19(21)12-14(23)13-26-18-11-7-4-8-15(18)20(24)25/h4-12H,13H2,1-3H3,(H,24,25). The van der Waals surface area contributed by atoms with Crippen molar-refractivity contribution in [2.24, 2.45) is 0 Å². The third-order valence-electron chi connectivity index (χ3n) is 4.73. The lowest BCUT2D eigenvalue weighted by molar-refractivity contribution is -0.116. The fourth-order valence-corrected chi connectivity index (χ4v) is 3.37. The Kier molecular flexibility index (Phi) is 4.55. The number of carboxylic acid groups (broad SMARTS) is 1. The van der Waals surface area contributed by atoms with Crippen LogP contribution in [0, 0.1) is 0 Å². The molecule has 0 saturated heterocycles. The maximum Gasteiger partial charge on any atom is 0.339 e. The number of ether oxygens (including phenoxy) is 1. The fourth-order valence-electron chi connectivity index (χ4n) is 3.37. The molecule has 2 aromatic rings. The predicted molar refractivity (Wildman–Crippen MR) is 99.9 cm³/mol. The van der Waals surface area contributed by atoms with Crippen molar-refractivity contribution in [1.29, 1.82) is 0 Å². The van der Waals surface area contributed by atoms with Crippen LogP contribution in [-0.4, -0.2) is 30.5 Å². The second-order valence-electron chi connectivity index (χ2n) is 6.79. The van der Waals surface area contributed by atoms with E-state index in [-0.39, 0.29) is 29.1 Å². The molecule has 2 aromatic carbocycles. The van der Waals surface area contributed by atoms with Crippen LogP contribution in [0.2, 0.25) is 0 Å².